The number of halogens is 1. The SMILES string of the molecule is CC(=O)O.OC1N=C(c2ccco2)c2cc(Br)ccc2-n2ccnc21. The fourth-order valence-electron chi connectivity index (χ4n) is 2.48. The van der Waals surface area contributed by atoms with Crippen molar-refractivity contribution in [2.24, 2.45) is 4.99 Å². The van der Waals surface area contributed by atoms with Crippen LogP contribution >= 0.6 is 15.9 Å². The van der Waals surface area contributed by atoms with Gasteiger partial charge in [-0.25, -0.2) is 9.98 Å². The lowest BCUT2D eigenvalue weighted by molar-refractivity contribution is -0.134. The van der Waals surface area contributed by atoms with Crippen LogP contribution in [0.25, 0.3) is 5.69 Å². The van der Waals surface area contributed by atoms with E-state index in [0.717, 1.165) is 22.6 Å². The highest BCUT2D eigenvalue weighted by atomic mass is 79.9. The van der Waals surface area contributed by atoms with Gasteiger partial charge in [0.1, 0.15) is 5.71 Å². The Balaban J connectivity index is 0.000000415. The van der Waals surface area contributed by atoms with E-state index >= 15 is 0 Å². The van der Waals surface area contributed by atoms with Crippen LogP contribution in [-0.4, -0.2) is 31.4 Å². The Morgan fingerprint density at radius 2 is 2.12 bits per heavy atom. The number of carboxylic acid groups (broad SMARTS) is 1. The number of carbonyl (C=O) groups is 1. The second-order valence-electron chi connectivity index (χ2n) is 5.16. The summed E-state index contributed by atoms with van der Waals surface area (Å²) in [5.41, 5.74) is 2.38. The molecule has 0 spiro atoms. The van der Waals surface area contributed by atoms with E-state index in [-0.39, 0.29) is 0 Å². The maximum Gasteiger partial charge on any atom is 0.300 e. The Bertz CT molecular complexity index is 927. The molecular weight excluding hydrogens is 390 g/mol. The van der Waals surface area contributed by atoms with Crippen molar-refractivity contribution in [3.05, 3.63) is 70.6 Å². The summed E-state index contributed by atoms with van der Waals surface area (Å²) in [4.78, 5) is 17.6. The van der Waals surface area contributed by atoms with Gasteiger partial charge in [0, 0.05) is 29.4 Å². The lowest BCUT2D eigenvalue weighted by Gasteiger charge is -2.10. The molecule has 2 aromatic heterocycles. The summed E-state index contributed by atoms with van der Waals surface area (Å²) in [6, 6.07) is 9.48. The van der Waals surface area contributed by atoms with Crippen LogP contribution in [0.4, 0.5) is 0 Å². The maximum absolute atomic E-state index is 10.3. The molecule has 0 radical (unpaired) electrons. The minimum absolute atomic E-state index is 0.486. The molecule has 2 N–H and O–H groups in total. The summed E-state index contributed by atoms with van der Waals surface area (Å²) in [5.74, 6) is 0.263. The summed E-state index contributed by atoms with van der Waals surface area (Å²) in [6.07, 6.45) is 4.01. The second kappa shape index (κ2) is 7.04. The van der Waals surface area contributed by atoms with Crippen LogP contribution in [0.15, 0.2) is 62.9 Å². The molecule has 0 fully saturated rings. The van der Waals surface area contributed by atoms with Crippen molar-refractivity contribution in [3.8, 4) is 5.69 Å². The quantitative estimate of drug-likeness (QED) is 0.649. The van der Waals surface area contributed by atoms with Gasteiger partial charge in [-0.2, -0.15) is 0 Å². The van der Waals surface area contributed by atoms with E-state index in [4.69, 9.17) is 14.3 Å². The van der Waals surface area contributed by atoms with E-state index < -0.39 is 12.2 Å². The highest BCUT2D eigenvalue weighted by Crippen LogP contribution is 2.30. The van der Waals surface area contributed by atoms with Crippen LogP contribution in [0.2, 0.25) is 0 Å². The molecule has 0 bridgehead atoms. The van der Waals surface area contributed by atoms with Gasteiger partial charge in [0.2, 0.25) is 6.23 Å². The Labute approximate surface area is 151 Å². The van der Waals surface area contributed by atoms with Gasteiger partial charge in [-0.15, -0.1) is 0 Å². The number of carboxylic acids is 1. The molecule has 1 aliphatic heterocycles. The molecule has 25 heavy (non-hydrogen) atoms. The van der Waals surface area contributed by atoms with Crippen molar-refractivity contribution in [1.82, 2.24) is 9.55 Å². The number of hydrogen-bond acceptors (Lipinski definition) is 5. The average molecular weight is 404 g/mol. The van der Waals surface area contributed by atoms with E-state index in [0.29, 0.717) is 17.3 Å². The van der Waals surface area contributed by atoms with Gasteiger partial charge in [-0.1, -0.05) is 15.9 Å². The Morgan fingerprint density at radius 3 is 2.80 bits per heavy atom. The van der Waals surface area contributed by atoms with E-state index in [1.807, 2.05) is 35.0 Å². The number of aromatic nitrogens is 2. The number of aliphatic carboxylic acids is 1. The zero-order chi connectivity index (χ0) is 18.0. The number of aliphatic hydroxyl groups is 1. The average Bonchev–Trinajstić information content (AvgIpc) is 3.21. The summed E-state index contributed by atoms with van der Waals surface area (Å²) in [7, 11) is 0. The first-order valence-corrected chi connectivity index (χ1v) is 8.09. The molecule has 1 aromatic carbocycles. The molecule has 1 aliphatic rings. The fraction of sp³-hybridized carbons (Fsp3) is 0.118. The van der Waals surface area contributed by atoms with Crippen LogP contribution in [0.5, 0.6) is 0 Å². The molecule has 128 valence electrons. The van der Waals surface area contributed by atoms with Crippen LogP contribution in [0, 0.1) is 0 Å². The number of imidazole rings is 1. The Hall–Kier alpha value is -2.71. The van der Waals surface area contributed by atoms with Crippen molar-refractivity contribution in [2.75, 3.05) is 0 Å². The van der Waals surface area contributed by atoms with E-state index in [9.17, 15) is 5.11 Å². The molecule has 0 amide bonds. The molecule has 0 saturated heterocycles. The minimum atomic E-state index is -1.04. The van der Waals surface area contributed by atoms with Gasteiger partial charge in [-0.3, -0.25) is 9.36 Å². The van der Waals surface area contributed by atoms with E-state index in [1.165, 1.54) is 0 Å². The number of aliphatic hydroxyl groups excluding tert-OH is 1. The van der Waals surface area contributed by atoms with Crippen molar-refractivity contribution >= 4 is 27.6 Å². The van der Waals surface area contributed by atoms with Gasteiger partial charge in [0.25, 0.3) is 5.97 Å². The fourth-order valence-corrected chi connectivity index (χ4v) is 2.84. The van der Waals surface area contributed by atoms with Crippen molar-refractivity contribution in [3.63, 3.8) is 0 Å². The first kappa shape index (κ1) is 17.1. The minimum Gasteiger partial charge on any atom is -0.481 e. The zero-order valence-corrected chi connectivity index (χ0v) is 14.7. The van der Waals surface area contributed by atoms with Gasteiger partial charge in [0.05, 0.1) is 12.0 Å². The van der Waals surface area contributed by atoms with Crippen LogP contribution in [0.3, 0.4) is 0 Å². The van der Waals surface area contributed by atoms with Crippen LogP contribution in [-0.2, 0) is 4.79 Å². The summed E-state index contributed by atoms with van der Waals surface area (Å²) in [5, 5.41) is 17.7. The van der Waals surface area contributed by atoms with E-state index in [1.54, 1.807) is 18.5 Å². The highest BCUT2D eigenvalue weighted by Gasteiger charge is 2.25. The van der Waals surface area contributed by atoms with Crippen molar-refractivity contribution in [2.45, 2.75) is 13.2 Å². The normalized spacial score (nSPS) is 15.2. The van der Waals surface area contributed by atoms with Crippen molar-refractivity contribution in [1.29, 1.82) is 0 Å². The zero-order valence-electron chi connectivity index (χ0n) is 13.1. The smallest absolute Gasteiger partial charge is 0.300 e. The maximum atomic E-state index is 10.3. The van der Waals surface area contributed by atoms with Gasteiger partial charge in [0.15, 0.2) is 11.6 Å². The summed E-state index contributed by atoms with van der Waals surface area (Å²) >= 11 is 3.48. The predicted molar refractivity (Wildman–Crippen MR) is 93.9 cm³/mol. The van der Waals surface area contributed by atoms with Crippen molar-refractivity contribution < 1.29 is 19.4 Å². The number of hydrogen-bond donors (Lipinski definition) is 2. The third kappa shape index (κ3) is 3.54. The first-order valence-electron chi connectivity index (χ1n) is 7.30. The molecule has 1 atom stereocenters. The number of furan rings is 1. The second-order valence-corrected chi connectivity index (χ2v) is 6.08. The molecule has 7 nitrogen and oxygen atoms in total. The molecule has 3 heterocycles. The summed E-state index contributed by atoms with van der Waals surface area (Å²) in [6.45, 7) is 1.08. The molecule has 8 heteroatoms. The topological polar surface area (TPSA) is 101 Å². The summed E-state index contributed by atoms with van der Waals surface area (Å²) < 4.78 is 8.23. The van der Waals surface area contributed by atoms with E-state index in [2.05, 4.69) is 25.9 Å². The number of aliphatic imine (C=N–C) groups is 1. The third-order valence-corrected chi connectivity index (χ3v) is 3.87. The Morgan fingerprint density at radius 1 is 1.36 bits per heavy atom. The lowest BCUT2D eigenvalue weighted by Crippen LogP contribution is -2.06. The number of nitrogens with zero attached hydrogens (tertiary/aromatic N) is 3. The van der Waals surface area contributed by atoms with Gasteiger partial charge >= 0.3 is 0 Å². The number of rotatable bonds is 1. The Kier molecular flexibility index (Phi) is 4.82. The monoisotopic (exact) mass is 403 g/mol. The standard InChI is InChI=1S/C15H10BrN3O2.C2H4O2/c16-9-3-4-11-10(8-9)13(12-2-1-7-21-12)18-15(20)14-17-5-6-19(11)14;1-2(3)4/h1-8,15,20H;1H3,(H,3,4). The third-order valence-electron chi connectivity index (χ3n) is 3.38. The molecule has 4 rings (SSSR count). The number of benzene rings is 1. The largest absolute Gasteiger partial charge is 0.481 e. The molecule has 3 aromatic rings. The lowest BCUT2D eigenvalue weighted by atomic mass is 10.1. The number of fused-ring (bicyclic) bond motifs is 3. The van der Waals surface area contributed by atoms with Gasteiger partial charge < -0.3 is 14.6 Å². The molecule has 0 saturated carbocycles. The molecular formula is C17H14BrN3O4. The highest BCUT2D eigenvalue weighted by molar-refractivity contribution is 9.10. The predicted octanol–water partition coefficient (Wildman–Crippen LogP) is 3.16. The van der Waals surface area contributed by atoms with Crippen LogP contribution in [0.1, 0.15) is 30.3 Å². The van der Waals surface area contributed by atoms with Crippen LogP contribution < -0.4 is 0 Å². The molecule has 0 aliphatic carbocycles. The first-order chi connectivity index (χ1) is 12.0. The molecule has 1 unspecified atom stereocenters. The van der Waals surface area contributed by atoms with Gasteiger partial charge in [-0.05, 0) is 30.3 Å².